The molecule has 0 amide bonds. The van der Waals surface area contributed by atoms with E-state index in [-0.39, 0.29) is 24.3 Å². The zero-order chi connectivity index (χ0) is 28.1. The molecule has 4 atom stereocenters. The van der Waals surface area contributed by atoms with Crippen molar-refractivity contribution >= 4 is 43.9 Å². The number of pyridine rings is 1. The Labute approximate surface area is 229 Å². The van der Waals surface area contributed by atoms with Gasteiger partial charge < -0.3 is 20.2 Å². The van der Waals surface area contributed by atoms with E-state index in [1.807, 2.05) is 12.3 Å². The molecular formula is C28H37FN6O3S. The quantitative estimate of drug-likeness (QED) is 0.445. The first kappa shape index (κ1) is 27.5. The van der Waals surface area contributed by atoms with Gasteiger partial charge in [0.2, 0.25) is 5.95 Å². The average molecular weight is 557 g/mol. The number of aliphatic hydroxyl groups is 1. The summed E-state index contributed by atoms with van der Waals surface area (Å²) in [6.07, 6.45) is 4.09. The third-order valence-electron chi connectivity index (χ3n) is 8.01. The molecule has 4 heterocycles. The molecule has 0 bridgehead atoms. The summed E-state index contributed by atoms with van der Waals surface area (Å²) >= 11 is 0. The normalized spacial score (nSPS) is 25.7. The molecule has 0 aliphatic carbocycles. The Morgan fingerprint density at radius 2 is 1.97 bits per heavy atom. The molecule has 2 fully saturated rings. The van der Waals surface area contributed by atoms with E-state index in [1.165, 1.54) is 18.7 Å². The molecule has 1 aromatic carbocycles. The predicted molar refractivity (Wildman–Crippen MR) is 154 cm³/mol. The molecular weight excluding hydrogens is 519 g/mol. The van der Waals surface area contributed by atoms with Crippen molar-refractivity contribution in [2.24, 2.45) is 5.92 Å². The molecule has 5 rings (SSSR count). The average Bonchev–Trinajstić information content (AvgIpc) is 2.86. The molecule has 0 spiro atoms. The van der Waals surface area contributed by atoms with Crippen LogP contribution in [0, 0.1) is 5.92 Å². The van der Waals surface area contributed by atoms with Crippen LogP contribution < -0.4 is 15.1 Å². The summed E-state index contributed by atoms with van der Waals surface area (Å²) in [5.41, 5.74) is 0.517. The summed E-state index contributed by atoms with van der Waals surface area (Å²) < 4.78 is 38.4. The highest BCUT2D eigenvalue weighted by molar-refractivity contribution is 7.90. The second-order valence-electron chi connectivity index (χ2n) is 11.6. The second-order valence-corrected chi connectivity index (χ2v) is 13.7. The summed E-state index contributed by atoms with van der Waals surface area (Å²) in [5, 5.41) is 15.3. The highest BCUT2D eigenvalue weighted by Crippen LogP contribution is 2.39. The van der Waals surface area contributed by atoms with E-state index in [0.29, 0.717) is 43.0 Å². The lowest BCUT2D eigenvalue weighted by Gasteiger charge is -2.48. The van der Waals surface area contributed by atoms with Crippen molar-refractivity contribution in [2.45, 2.75) is 57.8 Å². The Bertz CT molecular complexity index is 1480. The van der Waals surface area contributed by atoms with Crippen molar-refractivity contribution in [3.63, 3.8) is 0 Å². The number of benzene rings is 1. The minimum atomic E-state index is -3.03. The van der Waals surface area contributed by atoms with Crippen LogP contribution in [-0.2, 0) is 9.84 Å². The molecule has 3 aromatic rings. The van der Waals surface area contributed by atoms with Crippen LogP contribution in [0.4, 0.5) is 27.7 Å². The number of aliphatic hydroxyl groups excluding tert-OH is 1. The molecule has 2 saturated heterocycles. The fraction of sp³-hybridized carbons (Fsp3) is 0.536. The van der Waals surface area contributed by atoms with Gasteiger partial charge in [0.1, 0.15) is 21.5 Å². The third kappa shape index (κ3) is 5.65. The monoisotopic (exact) mass is 556 g/mol. The van der Waals surface area contributed by atoms with Crippen molar-refractivity contribution in [1.29, 1.82) is 0 Å². The minimum absolute atomic E-state index is 0.0202. The summed E-state index contributed by atoms with van der Waals surface area (Å²) in [7, 11) is -3.03. The van der Waals surface area contributed by atoms with Gasteiger partial charge in [-0.15, -0.1) is 0 Å². The zero-order valence-electron chi connectivity index (χ0n) is 23.1. The minimum Gasteiger partial charge on any atom is -0.390 e. The molecule has 0 radical (unpaired) electrons. The predicted octanol–water partition coefficient (Wildman–Crippen LogP) is 4.06. The van der Waals surface area contributed by atoms with Gasteiger partial charge in [-0.05, 0) is 55.3 Å². The van der Waals surface area contributed by atoms with Gasteiger partial charge in [0.25, 0.3) is 0 Å². The van der Waals surface area contributed by atoms with Crippen LogP contribution in [0.5, 0.6) is 0 Å². The molecule has 11 heteroatoms. The maximum Gasteiger partial charge on any atom is 0.227 e. The Morgan fingerprint density at radius 1 is 1.21 bits per heavy atom. The van der Waals surface area contributed by atoms with E-state index in [4.69, 9.17) is 0 Å². The molecule has 2 aliphatic rings. The number of nitrogens with one attached hydrogen (secondary N) is 1. The summed E-state index contributed by atoms with van der Waals surface area (Å²) in [6, 6.07) is 8.14. The number of halogens is 1. The number of hydrogen-bond acceptors (Lipinski definition) is 9. The lowest BCUT2D eigenvalue weighted by molar-refractivity contribution is -0.00860. The number of aromatic nitrogens is 3. The maximum atomic E-state index is 14.7. The number of anilines is 4. The van der Waals surface area contributed by atoms with Gasteiger partial charge in [0.05, 0.1) is 18.4 Å². The van der Waals surface area contributed by atoms with Crippen LogP contribution in [-0.4, -0.2) is 77.9 Å². The van der Waals surface area contributed by atoms with Gasteiger partial charge in [-0.2, -0.15) is 4.98 Å². The van der Waals surface area contributed by atoms with E-state index in [2.05, 4.69) is 58.1 Å². The van der Waals surface area contributed by atoms with Crippen LogP contribution in [0.2, 0.25) is 0 Å². The summed E-state index contributed by atoms with van der Waals surface area (Å²) in [4.78, 5) is 17.6. The molecule has 2 aliphatic heterocycles. The molecule has 9 nitrogen and oxygen atoms in total. The zero-order valence-corrected chi connectivity index (χ0v) is 23.9. The topological polar surface area (TPSA) is 112 Å². The fourth-order valence-electron chi connectivity index (χ4n) is 5.66. The Morgan fingerprint density at radius 3 is 2.64 bits per heavy atom. The van der Waals surface area contributed by atoms with E-state index < -0.39 is 21.6 Å². The molecule has 210 valence electrons. The molecule has 39 heavy (non-hydrogen) atoms. The highest BCUT2D eigenvalue weighted by Gasteiger charge is 2.40. The van der Waals surface area contributed by atoms with Gasteiger partial charge >= 0.3 is 0 Å². The van der Waals surface area contributed by atoms with E-state index in [0.717, 1.165) is 16.5 Å². The van der Waals surface area contributed by atoms with Gasteiger partial charge in [0.15, 0.2) is 5.67 Å². The van der Waals surface area contributed by atoms with Crippen molar-refractivity contribution in [1.82, 2.24) is 15.0 Å². The van der Waals surface area contributed by atoms with Crippen molar-refractivity contribution < 1.29 is 17.9 Å². The first-order valence-corrected chi connectivity index (χ1v) is 15.5. The number of alkyl halides is 1. The van der Waals surface area contributed by atoms with Gasteiger partial charge in [0, 0.05) is 54.8 Å². The maximum absolute atomic E-state index is 14.7. The Kier molecular flexibility index (Phi) is 7.17. The van der Waals surface area contributed by atoms with E-state index in [1.54, 1.807) is 17.2 Å². The molecule has 0 unspecified atom stereocenters. The van der Waals surface area contributed by atoms with Crippen LogP contribution in [0.25, 0.3) is 10.8 Å². The first-order valence-electron chi connectivity index (χ1n) is 13.4. The number of piperidine rings is 1. The van der Waals surface area contributed by atoms with Crippen LogP contribution in [0.1, 0.15) is 45.6 Å². The molecule has 0 saturated carbocycles. The first-order chi connectivity index (χ1) is 18.3. The smallest absolute Gasteiger partial charge is 0.227 e. The van der Waals surface area contributed by atoms with Crippen molar-refractivity contribution in [3.8, 4) is 0 Å². The van der Waals surface area contributed by atoms with Crippen LogP contribution in [0.15, 0.2) is 36.7 Å². The van der Waals surface area contributed by atoms with Crippen LogP contribution in [0.3, 0.4) is 0 Å². The fourth-order valence-corrected chi connectivity index (χ4v) is 6.83. The number of nitrogens with zero attached hydrogens (tertiary/aromatic N) is 5. The SMILES string of the molecule is CC(C)c1ccc(N2C[C@H](CS(C)(=O)=O)[C@H]2C)c2cnc(Nc3ccnc(N4CC[C@H](O)[C@@](C)(F)C4)n3)cc12. The molecule has 2 aromatic heterocycles. The van der Waals surface area contributed by atoms with Gasteiger partial charge in [-0.1, -0.05) is 19.9 Å². The second kappa shape index (κ2) is 10.2. The number of sulfone groups is 1. The number of hydrogen-bond donors (Lipinski definition) is 2. The Hall–Kier alpha value is -3.05. The lowest BCUT2D eigenvalue weighted by atomic mass is 9.88. The Balaban J connectivity index is 1.41. The summed E-state index contributed by atoms with van der Waals surface area (Å²) in [5.74, 6) is 2.17. The number of fused-ring (bicyclic) bond motifs is 1. The van der Waals surface area contributed by atoms with Crippen molar-refractivity contribution in [2.75, 3.05) is 46.8 Å². The van der Waals surface area contributed by atoms with Gasteiger partial charge in [-0.25, -0.2) is 22.8 Å². The van der Waals surface area contributed by atoms with Crippen molar-refractivity contribution in [3.05, 3.63) is 42.2 Å². The lowest BCUT2D eigenvalue weighted by Crippen LogP contribution is -2.57. The molecule has 2 N–H and O–H groups in total. The highest BCUT2D eigenvalue weighted by atomic mass is 32.2. The summed E-state index contributed by atoms with van der Waals surface area (Å²) in [6.45, 7) is 8.97. The standard InChI is InChI=1S/C28H37FN6O3S/c1-17(2)20-6-7-23(35-14-19(18(35)3)15-39(5,37)38)22-13-31-26(12-21(20)22)32-25-8-10-30-27(33-25)34-11-9-24(36)28(4,29)16-34/h6-8,10,12-13,17-19,24,36H,9,11,14-16H2,1-5H3,(H,30,31,32,33)/t18-,19-,24+,28+/m1/s1. The van der Waals surface area contributed by atoms with E-state index in [9.17, 15) is 17.9 Å². The van der Waals surface area contributed by atoms with E-state index >= 15 is 0 Å². The third-order valence-corrected chi connectivity index (χ3v) is 9.05. The number of rotatable bonds is 7. The van der Waals surface area contributed by atoms with Gasteiger partial charge in [-0.3, -0.25) is 0 Å². The van der Waals surface area contributed by atoms with Crippen LogP contribution >= 0.6 is 0 Å². The largest absolute Gasteiger partial charge is 0.390 e.